The number of nitrogens with one attached hydrogen (secondary N) is 1. The number of carbonyl (C=O) groups is 1. The number of hydrogen-bond acceptors (Lipinski definition) is 4. The molecule has 1 N–H and O–H groups in total. The van der Waals surface area contributed by atoms with E-state index < -0.39 is 0 Å². The summed E-state index contributed by atoms with van der Waals surface area (Å²) < 4.78 is 1.93. The Morgan fingerprint density at radius 2 is 2.27 bits per heavy atom. The number of carbonyl (C=O) groups excluding carboxylic acids is 1. The molecule has 110 valence electrons. The summed E-state index contributed by atoms with van der Waals surface area (Å²) in [7, 11) is 0. The molecule has 0 bridgehead atoms. The van der Waals surface area contributed by atoms with Crippen LogP contribution in [0.25, 0.3) is 22.3 Å². The number of aromatic nitrogens is 5. The van der Waals surface area contributed by atoms with Crippen LogP contribution in [0.1, 0.15) is 5.69 Å². The monoisotopic (exact) mass is 294 g/mol. The maximum absolute atomic E-state index is 11.9. The Labute approximate surface area is 126 Å². The Morgan fingerprint density at radius 3 is 3.14 bits per heavy atom. The Kier molecular flexibility index (Phi) is 2.78. The molecule has 0 aliphatic carbocycles. The molecule has 0 fully saturated rings. The predicted molar refractivity (Wildman–Crippen MR) is 80.7 cm³/mol. The average molecular weight is 294 g/mol. The Morgan fingerprint density at radius 1 is 1.36 bits per heavy atom. The highest BCUT2D eigenvalue weighted by molar-refractivity contribution is 5.91. The molecule has 7 heteroatoms. The van der Waals surface area contributed by atoms with Crippen molar-refractivity contribution < 1.29 is 4.79 Å². The second kappa shape index (κ2) is 4.80. The Balaban J connectivity index is 1.82. The second-order valence-electron chi connectivity index (χ2n) is 5.15. The van der Waals surface area contributed by atoms with E-state index in [1.54, 1.807) is 4.90 Å². The van der Waals surface area contributed by atoms with Gasteiger partial charge in [0.05, 0.1) is 30.7 Å². The summed E-state index contributed by atoms with van der Waals surface area (Å²) in [6, 6.07) is 1.95. The number of hydrogen-bond donors (Lipinski definition) is 1. The van der Waals surface area contributed by atoms with Crippen molar-refractivity contribution in [2.45, 2.75) is 13.1 Å². The minimum absolute atomic E-state index is 0.0621. The summed E-state index contributed by atoms with van der Waals surface area (Å²) in [5.41, 5.74) is 3.55. The minimum Gasteiger partial charge on any atom is -0.346 e. The molecule has 0 spiro atoms. The van der Waals surface area contributed by atoms with Gasteiger partial charge in [-0.3, -0.25) is 9.48 Å². The van der Waals surface area contributed by atoms with Crippen LogP contribution >= 0.6 is 0 Å². The fraction of sp³-hybridized carbons (Fsp3) is 0.200. The molecular formula is C15H14N6O. The fourth-order valence-electron chi connectivity index (χ4n) is 2.85. The van der Waals surface area contributed by atoms with Gasteiger partial charge in [-0.25, -0.2) is 9.97 Å². The number of fused-ring (bicyclic) bond motifs is 2. The summed E-state index contributed by atoms with van der Waals surface area (Å²) in [5.74, 6) is -0.0621. The molecule has 4 heterocycles. The lowest BCUT2D eigenvalue weighted by Crippen LogP contribution is -2.37. The molecule has 0 aromatic carbocycles. The Hall–Kier alpha value is -2.96. The number of amides is 1. The van der Waals surface area contributed by atoms with Gasteiger partial charge in [0.2, 0.25) is 5.91 Å². The van der Waals surface area contributed by atoms with Crippen molar-refractivity contribution in [2.75, 3.05) is 6.54 Å². The van der Waals surface area contributed by atoms with Crippen molar-refractivity contribution in [1.82, 2.24) is 29.6 Å². The van der Waals surface area contributed by atoms with Crippen LogP contribution in [0.2, 0.25) is 0 Å². The highest BCUT2D eigenvalue weighted by Gasteiger charge is 2.24. The van der Waals surface area contributed by atoms with E-state index in [-0.39, 0.29) is 5.91 Å². The first kappa shape index (κ1) is 12.8. The summed E-state index contributed by atoms with van der Waals surface area (Å²) in [6.45, 7) is 5.38. The van der Waals surface area contributed by atoms with Crippen LogP contribution in [0.5, 0.6) is 0 Å². The summed E-state index contributed by atoms with van der Waals surface area (Å²) in [6.07, 6.45) is 6.53. The minimum atomic E-state index is -0.0621. The van der Waals surface area contributed by atoms with E-state index in [1.165, 1.54) is 12.4 Å². The van der Waals surface area contributed by atoms with Crippen LogP contribution in [0.3, 0.4) is 0 Å². The molecule has 7 nitrogen and oxygen atoms in total. The van der Waals surface area contributed by atoms with E-state index in [2.05, 4.69) is 26.6 Å². The maximum Gasteiger partial charge on any atom is 0.246 e. The largest absolute Gasteiger partial charge is 0.346 e. The van der Waals surface area contributed by atoms with Gasteiger partial charge >= 0.3 is 0 Å². The van der Waals surface area contributed by atoms with Gasteiger partial charge in [-0.1, -0.05) is 6.58 Å². The fourth-order valence-corrected chi connectivity index (χ4v) is 2.85. The molecule has 22 heavy (non-hydrogen) atoms. The van der Waals surface area contributed by atoms with E-state index in [9.17, 15) is 4.79 Å². The van der Waals surface area contributed by atoms with Gasteiger partial charge in [0.1, 0.15) is 12.0 Å². The van der Waals surface area contributed by atoms with Gasteiger partial charge < -0.3 is 9.88 Å². The smallest absolute Gasteiger partial charge is 0.246 e. The van der Waals surface area contributed by atoms with Gasteiger partial charge in [-0.05, 0) is 12.1 Å². The molecular weight excluding hydrogens is 280 g/mol. The quantitative estimate of drug-likeness (QED) is 0.724. The lowest BCUT2D eigenvalue weighted by molar-refractivity contribution is -0.127. The number of aromatic amines is 1. The van der Waals surface area contributed by atoms with Gasteiger partial charge in [0.25, 0.3) is 0 Å². The lowest BCUT2D eigenvalue weighted by atomic mass is 10.1. The van der Waals surface area contributed by atoms with Crippen molar-refractivity contribution in [3.8, 4) is 11.3 Å². The third-order valence-electron chi connectivity index (χ3n) is 3.97. The van der Waals surface area contributed by atoms with Crippen molar-refractivity contribution in [1.29, 1.82) is 0 Å². The molecule has 0 unspecified atom stereocenters. The zero-order valence-corrected chi connectivity index (χ0v) is 11.9. The van der Waals surface area contributed by atoms with Crippen LogP contribution in [0.15, 0.2) is 37.4 Å². The van der Waals surface area contributed by atoms with E-state index in [0.717, 1.165) is 28.0 Å². The van der Waals surface area contributed by atoms with Gasteiger partial charge in [0, 0.05) is 23.7 Å². The zero-order chi connectivity index (χ0) is 15.1. The highest BCUT2D eigenvalue weighted by Crippen LogP contribution is 2.29. The first-order chi connectivity index (χ1) is 10.8. The standard InChI is InChI=1S/C15H14N6O/c1-2-13(22)20-5-6-21-12(8-20)11(7-19-21)14-10-3-4-16-15(10)18-9-17-14/h2-4,7,9H,1,5-6,8H2,(H,16,17,18). The molecule has 3 aromatic rings. The van der Waals surface area contributed by atoms with Crippen molar-refractivity contribution >= 4 is 16.9 Å². The van der Waals surface area contributed by atoms with Crippen LogP contribution in [0.4, 0.5) is 0 Å². The van der Waals surface area contributed by atoms with Crippen LogP contribution in [0, 0.1) is 0 Å². The van der Waals surface area contributed by atoms with Crippen molar-refractivity contribution in [3.05, 3.63) is 43.1 Å². The Bertz CT molecular complexity index is 877. The molecule has 0 atom stereocenters. The average Bonchev–Trinajstić information content (AvgIpc) is 3.19. The van der Waals surface area contributed by atoms with E-state index in [4.69, 9.17) is 0 Å². The van der Waals surface area contributed by atoms with Crippen LogP contribution < -0.4 is 0 Å². The summed E-state index contributed by atoms with van der Waals surface area (Å²) >= 11 is 0. The number of nitrogens with zero attached hydrogens (tertiary/aromatic N) is 5. The molecule has 4 rings (SSSR count). The molecule has 1 aliphatic heterocycles. The maximum atomic E-state index is 11.9. The zero-order valence-electron chi connectivity index (χ0n) is 11.9. The first-order valence-corrected chi connectivity index (χ1v) is 7.02. The van der Waals surface area contributed by atoms with Gasteiger partial charge in [0.15, 0.2) is 0 Å². The highest BCUT2D eigenvalue weighted by atomic mass is 16.2. The van der Waals surface area contributed by atoms with Crippen LogP contribution in [-0.4, -0.2) is 42.1 Å². The molecule has 3 aromatic heterocycles. The summed E-state index contributed by atoms with van der Waals surface area (Å²) in [4.78, 5) is 25.3. The second-order valence-corrected chi connectivity index (χ2v) is 5.15. The van der Waals surface area contributed by atoms with E-state index in [0.29, 0.717) is 19.6 Å². The van der Waals surface area contributed by atoms with E-state index >= 15 is 0 Å². The van der Waals surface area contributed by atoms with Crippen molar-refractivity contribution in [3.63, 3.8) is 0 Å². The molecule has 0 saturated carbocycles. The number of H-pyrrole nitrogens is 1. The number of rotatable bonds is 2. The normalized spacial score (nSPS) is 14.1. The molecule has 0 radical (unpaired) electrons. The topological polar surface area (TPSA) is 79.7 Å². The summed E-state index contributed by atoms with van der Waals surface area (Å²) in [5, 5.41) is 5.38. The van der Waals surface area contributed by atoms with Gasteiger partial charge in [-0.2, -0.15) is 5.10 Å². The van der Waals surface area contributed by atoms with E-state index in [1.807, 2.05) is 23.1 Å². The van der Waals surface area contributed by atoms with Crippen LogP contribution in [-0.2, 0) is 17.9 Å². The molecule has 1 amide bonds. The third kappa shape index (κ3) is 1.82. The molecule has 1 aliphatic rings. The van der Waals surface area contributed by atoms with Gasteiger partial charge in [-0.15, -0.1) is 0 Å². The third-order valence-corrected chi connectivity index (χ3v) is 3.97. The predicted octanol–water partition coefficient (Wildman–Crippen LogP) is 1.35. The SMILES string of the molecule is C=CC(=O)N1CCn2ncc(-c3ncnc4[nH]ccc34)c2C1. The first-order valence-electron chi connectivity index (χ1n) is 7.02. The lowest BCUT2D eigenvalue weighted by Gasteiger charge is -2.27. The van der Waals surface area contributed by atoms with Crippen molar-refractivity contribution in [2.24, 2.45) is 0 Å². The molecule has 0 saturated heterocycles.